The van der Waals surface area contributed by atoms with E-state index in [0.29, 0.717) is 0 Å². The van der Waals surface area contributed by atoms with Crippen molar-refractivity contribution in [3.8, 4) is 11.3 Å². The predicted molar refractivity (Wildman–Crippen MR) is 103 cm³/mol. The summed E-state index contributed by atoms with van der Waals surface area (Å²) < 4.78 is 105. The molecule has 0 saturated carbocycles. The van der Waals surface area contributed by atoms with E-state index in [1.165, 1.54) is 36.4 Å². The molecular formula is C23H17F7O. The van der Waals surface area contributed by atoms with Gasteiger partial charge >= 0.3 is 17.8 Å². The third kappa shape index (κ3) is 2.83. The summed E-state index contributed by atoms with van der Waals surface area (Å²) in [6.45, 7) is 5.83. The second-order valence-electron chi connectivity index (χ2n) is 8.54. The zero-order chi connectivity index (χ0) is 23.0. The van der Waals surface area contributed by atoms with Gasteiger partial charge in [0.2, 0.25) is 0 Å². The van der Waals surface area contributed by atoms with Crippen molar-refractivity contribution in [1.82, 2.24) is 0 Å². The fraction of sp³-hybridized carbons (Fsp3) is 0.304. The van der Waals surface area contributed by atoms with Gasteiger partial charge < -0.3 is 4.42 Å². The first-order valence-electron chi connectivity index (χ1n) is 9.38. The highest BCUT2D eigenvalue weighted by atomic mass is 19.3. The molecule has 0 saturated heterocycles. The molecule has 0 fully saturated rings. The van der Waals surface area contributed by atoms with Crippen LogP contribution in [0.4, 0.5) is 30.7 Å². The first kappa shape index (κ1) is 21.5. The van der Waals surface area contributed by atoms with E-state index in [1.54, 1.807) is 12.1 Å². The van der Waals surface area contributed by atoms with Crippen LogP contribution in [0.25, 0.3) is 27.9 Å². The van der Waals surface area contributed by atoms with Gasteiger partial charge in [0.05, 0.1) is 5.57 Å². The molecule has 0 aliphatic heterocycles. The maximum Gasteiger partial charge on any atom is 0.383 e. The summed E-state index contributed by atoms with van der Waals surface area (Å²) in [6.07, 6.45) is 0. The van der Waals surface area contributed by atoms with Crippen molar-refractivity contribution in [2.75, 3.05) is 0 Å². The van der Waals surface area contributed by atoms with Gasteiger partial charge in [0.15, 0.2) is 5.83 Å². The SMILES string of the molecule is CC(C)(C)c1ccc(-c2oc3ccccc3c2C2=C(F)C(F)(F)C(F)(F)C2(F)F)cc1. The van der Waals surface area contributed by atoms with E-state index in [-0.39, 0.29) is 27.7 Å². The van der Waals surface area contributed by atoms with E-state index in [4.69, 9.17) is 4.42 Å². The molecule has 0 radical (unpaired) electrons. The average Bonchev–Trinajstić information content (AvgIpc) is 3.09. The van der Waals surface area contributed by atoms with Crippen LogP contribution < -0.4 is 0 Å². The Labute approximate surface area is 173 Å². The van der Waals surface area contributed by atoms with Crippen molar-refractivity contribution in [1.29, 1.82) is 0 Å². The maximum atomic E-state index is 14.6. The zero-order valence-corrected chi connectivity index (χ0v) is 16.7. The number of allylic oxidation sites excluding steroid dienone is 2. The van der Waals surface area contributed by atoms with E-state index in [0.717, 1.165) is 5.56 Å². The van der Waals surface area contributed by atoms with Gasteiger partial charge in [-0.2, -0.15) is 26.3 Å². The van der Waals surface area contributed by atoms with Crippen LogP contribution in [0.15, 0.2) is 58.8 Å². The molecule has 1 nitrogen and oxygen atoms in total. The van der Waals surface area contributed by atoms with E-state index in [2.05, 4.69) is 0 Å². The van der Waals surface area contributed by atoms with E-state index in [1.807, 2.05) is 20.8 Å². The molecule has 2 aromatic carbocycles. The van der Waals surface area contributed by atoms with E-state index >= 15 is 0 Å². The summed E-state index contributed by atoms with van der Waals surface area (Å²) in [6, 6.07) is 11.8. The highest BCUT2D eigenvalue weighted by Crippen LogP contribution is 2.63. The highest BCUT2D eigenvalue weighted by Gasteiger charge is 2.81. The van der Waals surface area contributed by atoms with Gasteiger partial charge in [-0.15, -0.1) is 0 Å². The number of hydrogen-bond acceptors (Lipinski definition) is 1. The molecule has 8 heteroatoms. The summed E-state index contributed by atoms with van der Waals surface area (Å²) in [4.78, 5) is 0. The van der Waals surface area contributed by atoms with Crippen LogP contribution in [0.2, 0.25) is 0 Å². The minimum atomic E-state index is -5.93. The number of alkyl halides is 6. The van der Waals surface area contributed by atoms with Gasteiger partial charge in [0.1, 0.15) is 11.3 Å². The topological polar surface area (TPSA) is 13.1 Å². The summed E-state index contributed by atoms with van der Waals surface area (Å²) in [5.74, 6) is -20.3. The number of fused-ring (bicyclic) bond motifs is 1. The van der Waals surface area contributed by atoms with E-state index < -0.39 is 34.7 Å². The van der Waals surface area contributed by atoms with Gasteiger partial charge in [0.25, 0.3) is 0 Å². The number of para-hydroxylation sites is 1. The Morgan fingerprint density at radius 2 is 1.35 bits per heavy atom. The van der Waals surface area contributed by atoms with Crippen LogP contribution in [-0.4, -0.2) is 17.8 Å². The fourth-order valence-corrected chi connectivity index (χ4v) is 3.67. The van der Waals surface area contributed by atoms with Crippen LogP contribution in [0, 0.1) is 0 Å². The number of halogens is 7. The van der Waals surface area contributed by atoms with Gasteiger partial charge in [0, 0.05) is 16.5 Å². The number of rotatable bonds is 2. The molecule has 0 amide bonds. The van der Waals surface area contributed by atoms with Crippen molar-refractivity contribution >= 4 is 16.5 Å². The van der Waals surface area contributed by atoms with Gasteiger partial charge in [-0.25, -0.2) is 4.39 Å². The quantitative estimate of drug-likeness (QED) is 0.367. The maximum absolute atomic E-state index is 14.6. The lowest BCUT2D eigenvalue weighted by Gasteiger charge is -2.24. The lowest BCUT2D eigenvalue weighted by molar-refractivity contribution is -0.263. The summed E-state index contributed by atoms with van der Waals surface area (Å²) in [7, 11) is 0. The van der Waals surface area contributed by atoms with Gasteiger partial charge in [-0.3, -0.25) is 0 Å². The summed E-state index contributed by atoms with van der Waals surface area (Å²) in [5, 5.41) is -0.171. The molecule has 1 aliphatic carbocycles. The largest absolute Gasteiger partial charge is 0.455 e. The van der Waals surface area contributed by atoms with Crippen molar-refractivity contribution in [3.05, 3.63) is 65.5 Å². The monoisotopic (exact) mass is 442 g/mol. The van der Waals surface area contributed by atoms with Crippen molar-refractivity contribution in [3.63, 3.8) is 0 Å². The smallest absolute Gasteiger partial charge is 0.383 e. The van der Waals surface area contributed by atoms with Crippen LogP contribution in [0.5, 0.6) is 0 Å². The van der Waals surface area contributed by atoms with Crippen molar-refractivity contribution < 1.29 is 35.2 Å². The molecule has 0 atom stereocenters. The lowest BCUT2D eigenvalue weighted by atomic mass is 9.86. The number of hydrogen-bond donors (Lipinski definition) is 0. The summed E-state index contributed by atoms with van der Waals surface area (Å²) >= 11 is 0. The Morgan fingerprint density at radius 1 is 0.774 bits per heavy atom. The minimum Gasteiger partial charge on any atom is -0.455 e. The molecule has 164 valence electrons. The second kappa shape index (κ2) is 6.37. The van der Waals surface area contributed by atoms with Crippen molar-refractivity contribution in [2.24, 2.45) is 0 Å². The third-order valence-corrected chi connectivity index (χ3v) is 5.46. The highest BCUT2D eigenvalue weighted by molar-refractivity contribution is 6.01. The van der Waals surface area contributed by atoms with Crippen LogP contribution in [0.3, 0.4) is 0 Å². The molecule has 31 heavy (non-hydrogen) atoms. The first-order chi connectivity index (χ1) is 14.2. The zero-order valence-electron chi connectivity index (χ0n) is 16.7. The Bertz CT molecular complexity index is 1190. The molecule has 0 N–H and O–H groups in total. The standard InChI is InChI=1S/C23H17F7O/c1-20(2,3)13-10-8-12(9-11-13)18-16(14-6-4-5-7-15(14)31-18)17-19(24)22(27,28)23(29,30)21(17,25)26/h4-11H,1-3H3. The first-order valence-corrected chi connectivity index (χ1v) is 9.38. The molecule has 1 aromatic heterocycles. The molecule has 4 rings (SSSR count). The fourth-order valence-electron chi connectivity index (χ4n) is 3.67. The number of benzene rings is 2. The minimum absolute atomic E-state index is 0.0259. The van der Waals surface area contributed by atoms with Gasteiger partial charge in [-0.1, -0.05) is 63.2 Å². The molecule has 0 unspecified atom stereocenters. The average molecular weight is 442 g/mol. The summed E-state index contributed by atoms with van der Waals surface area (Å²) in [5.41, 5.74) is -2.09. The Balaban J connectivity index is 2.03. The third-order valence-electron chi connectivity index (χ3n) is 5.46. The van der Waals surface area contributed by atoms with Crippen LogP contribution >= 0.6 is 0 Å². The van der Waals surface area contributed by atoms with Crippen molar-refractivity contribution in [2.45, 2.75) is 44.0 Å². The predicted octanol–water partition coefficient (Wildman–Crippen LogP) is 8.00. The molecule has 3 aromatic rings. The normalized spacial score (nSPS) is 19.9. The van der Waals surface area contributed by atoms with Gasteiger partial charge in [-0.05, 0) is 17.0 Å². The second-order valence-corrected chi connectivity index (χ2v) is 8.54. The van der Waals surface area contributed by atoms with Crippen LogP contribution in [-0.2, 0) is 5.41 Å². The molecule has 1 heterocycles. The van der Waals surface area contributed by atoms with Crippen LogP contribution in [0.1, 0.15) is 31.9 Å². The molecule has 1 aliphatic rings. The number of furan rings is 1. The van der Waals surface area contributed by atoms with E-state index in [9.17, 15) is 30.7 Å². The lowest BCUT2D eigenvalue weighted by Crippen LogP contribution is -2.48. The molecule has 0 bridgehead atoms. The Kier molecular flexibility index (Phi) is 4.41. The Hall–Kier alpha value is -2.77. The molecular weight excluding hydrogens is 425 g/mol. The molecule has 0 spiro atoms. The Morgan fingerprint density at radius 3 is 1.87 bits per heavy atom.